The van der Waals surface area contributed by atoms with E-state index in [1.165, 1.54) is 11.3 Å². The third-order valence-electron chi connectivity index (χ3n) is 3.26. The molecule has 3 rings (SSSR count). The van der Waals surface area contributed by atoms with E-state index in [-0.39, 0.29) is 11.9 Å². The standard InChI is InChI=1S/C15H16N4O2S/c1-19-8-9-22-15(19)18-13(20)10-2-4-11(5-3-10)16-14(21)17-12-6-7-12/h2-5,8-9,12H,6-7H2,1H3,(H2,16,17,21). The van der Waals surface area contributed by atoms with E-state index in [0.29, 0.717) is 22.1 Å². The number of aromatic nitrogens is 1. The Kier molecular flexibility index (Phi) is 4.06. The van der Waals surface area contributed by atoms with Crippen LogP contribution in [0.3, 0.4) is 0 Å². The van der Waals surface area contributed by atoms with E-state index >= 15 is 0 Å². The molecule has 1 aliphatic rings. The number of urea groups is 1. The molecule has 1 aromatic carbocycles. The summed E-state index contributed by atoms with van der Waals surface area (Å²) in [5, 5.41) is 7.45. The molecule has 6 nitrogen and oxygen atoms in total. The fourth-order valence-corrected chi connectivity index (χ4v) is 2.59. The van der Waals surface area contributed by atoms with Crippen molar-refractivity contribution in [2.75, 3.05) is 5.32 Å². The zero-order chi connectivity index (χ0) is 15.5. The molecule has 22 heavy (non-hydrogen) atoms. The summed E-state index contributed by atoms with van der Waals surface area (Å²) < 4.78 is 1.79. The highest BCUT2D eigenvalue weighted by molar-refractivity contribution is 7.07. The van der Waals surface area contributed by atoms with Gasteiger partial charge in [-0.05, 0) is 37.1 Å². The molecular formula is C15H16N4O2S. The maximum absolute atomic E-state index is 12.1. The Morgan fingerprint density at radius 3 is 2.59 bits per heavy atom. The molecule has 3 amide bonds. The third kappa shape index (κ3) is 3.62. The number of nitrogens with zero attached hydrogens (tertiary/aromatic N) is 2. The van der Waals surface area contributed by atoms with Crippen molar-refractivity contribution < 1.29 is 9.59 Å². The minimum atomic E-state index is -0.299. The summed E-state index contributed by atoms with van der Waals surface area (Å²) in [6, 6.07) is 6.81. The Hall–Kier alpha value is -2.41. The molecule has 0 spiro atoms. The van der Waals surface area contributed by atoms with E-state index in [9.17, 15) is 9.59 Å². The number of amides is 3. The van der Waals surface area contributed by atoms with Gasteiger partial charge in [-0.25, -0.2) is 4.79 Å². The van der Waals surface area contributed by atoms with Crippen molar-refractivity contribution in [2.24, 2.45) is 12.0 Å². The summed E-state index contributed by atoms with van der Waals surface area (Å²) in [7, 11) is 1.84. The highest BCUT2D eigenvalue weighted by Crippen LogP contribution is 2.19. The smallest absolute Gasteiger partial charge is 0.319 e. The Morgan fingerprint density at radius 1 is 1.27 bits per heavy atom. The first-order valence-electron chi connectivity index (χ1n) is 6.98. The second-order valence-corrected chi connectivity index (χ2v) is 6.04. The summed E-state index contributed by atoms with van der Waals surface area (Å²) in [5.74, 6) is -0.299. The van der Waals surface area contributed by atoms with Gasteiger partial charge in [0.1, 0.15) is 0 Å². The van der Waals surface area contributed by atoms with Crippen LogP contribution in [0.25, 0.3) is 0 Å². The third-order valence-corrected chi connectivity index (χ3v) is 4.11. The van der Waals surface area contributed by atoms with Crippen LogP contribution in [-0.4, -0.2) is 22.5 Å². The van der Waals surface area contributed by atoms with Crippen molar-refractivity contribution in [1.82, 2.24) is 9.88 Å². The van der Waals surface area contributed by atoms with Gasteiger partial charge in [0.2, 0.25) is 0 Å². The number of aryl methyl sites for hydroxylation is 1. The molecular weight excluding hydrogens is 300 g/mol. The summed E-state index contributed by atoms with van der Waals surface area (Å²) in [4.78, 5) is 28.4. The number of thiazole rings is 1. The van der Waals surface area contributed by atoms with Crippen LogP contribution in [0.1, 0.15) is 23.2 Å². The largest absolute Gasteiger partial charge is 0.335 e. The Bertz CT molecular complexity index is 756. The number of hydrogen-bond acceptors (Lipinski definition) is 3. The van der Waals surface area contributed by atoms with Gasteiger partial charge in [-0.15, -0.1) is 11.3 Å². The highest BCUT2D eigenvalue weighted by atomic mass is 32.1. The lowest BCUT2D eigenvalue weighted by molar-refractivity contribution is 0.0998. The van der Waals surface area contributed by atoms with E-state index in [1.54, 1.807) is 28.8 Å². The van der Waals surface area contributed by atoms with Gasteiger partial charge in [-0.2, -0.15) is 4.99 Å². The first kappa shape index (κ1) is 14.5. The van der Waals surface area contributed by atoms with Crippen LogP contribution in [-0.2, 0) is 7.05 Å². The van der Waals surface area contributed by atoms with Gasteiger partial charge >= 0.3 is 6.03 Å². The molecule has 0 aliphatic heterocycles. The van der Waals surface area contributed by atoms with Crippen LogP contribution in [0.2, 0.25) is 0 Å². The fourth-order valence-electron chi connectivity index (χ4n) is 1.86. The number of benzene rings is 1. The lowest BCUT2D eigenvalue weighted by Gasteiger charge is -2.06. The molecule has 0 saturated heterocycles. The molecule has 2 aromatic rings. The van der Waals surface area contributed by atoms with Crippen LogP contribution < -0.4 is 15.4 Å². The van der Waals surface area contributed by atoms with Crippen LogP contribution in [0.15, 0.2) is 40.8 Å². The van der Waals surface area contributed by atoms with Gasteiger partial charge in [0.05, 0.1) is 0 Å². The average molecular weight is 316 g/mol. The predicted molar refractivity (Wildman–Crippen MR) is 84.8 cm³/mol. The van der Waals surface area contributed by atoms with Gasteiger partial charge in [-0.1, -0.05) is 0 Å². The molecule has 1 heterocycles. The van der Waals surface area contributed by atoms with E-state index in [2.05, 4.69) is 15.6 Å². The zero-order valence-electron chi connectivity index (χ0n) is 12.1. The van der Waals surface area contributed by atoms with Crippen molar-refractivity contribution in [2.45, 2.75) is 18.9 Å². The summed E-state index contributed by atoms with van der Waals surface area (Å²) >= 11 is 1.41. The number of rotatable bonds is 3. The predicted octanol–water partition coefficient (Wildman–Crippen LogP) is 2.11. The molecule has 7 heteroatoms. The lowest BCUT2D eigenvalue weighted by Crippen LogP contribution is -2.30. The number of anilines is 1. The van der Waals surface area contributed by atoms with Crippen LogP contribution in [0, 0.1) is 0 Å². The van der Waals surface area contributed by atoms with Gasteiger partial charge in [0.25, 0.3) is 5.91 Å². The molecule has 114 valence electrons. The number of carbonyl (C=O) groups is 2. The number of hydrogen-bond donors (Lipinski definition) is 2. The summed E-state index contributed by atoms with van der Waals surface area (Å²) in [5.41, 5.74) is 1.14. The van der Waals surface area contributed by atoms with Crippen molar-refractivity contribution in [3.05, 3.63) is 46.2 Å². The van der Waals surface area contributed by atoms with Crippen molar-refractivity contribution in [3.63, 3.8) is 0 Å². The van der Waals surface area contributed by atoms with E-state index in [1.807, 2.05) is 18.6 Å². The van der Waals surface area contributed by atoms with E-state index < -0.39 is 0 Å². The second kappa shape index (κ2) is 6.15. The maximum Gasteiger partial charge on any atom is 0.319 e. The maximum atomic E-state index is 12.1. The molecule has 0 atom stereocenters. The van der Waals surface area contributed by atoms with Crippen LogP contribution in [0.5, 0.6) is 0 Å². The lowest BCUT2D eigenvalue weighted by atomic mass is 10.2. The van der Waals surface area contributed by atoms with E-state index in [4.69, 9.17) is 0 Å². The molecule has 1 aromatic heterocycles. The molecule has 0 bridgehead atoms. The fraction of sp³-hybridized carbons (Fsp3) is 0.267. The number of carbonyl (C=O) groups excluding carboxylic acids is 2. The van der Waals surface area contributed by atoms with Crippen molar-refractivity contribution in [3.8, 4) is 0 Å². The Morgan fingerprint density at radius 2 is 2.00 bits per heavy atom. The molecule has 1 aliphatic carbocycles. The minimum Gasteiger partial charge on any atom is -0.335 e. The average Bonchev–Trinajstić information content (AvgIpc) is 3.22. The molecule has 1 saturated carbocycles. The number of nitrogens with one attached hydrogen (secondary N) is 2. The highest BCUT2D eigenvalue weighted by Gasteiger charge is 2.23. The minimum absolute atomic E-state index is 0.211. The summed E-state index contributed by atoms with van der Waals surface area (Å²) in [6.07, 6.45) is 3.94. The molecule has 2 N–H and O–H groups in total. The normalized spacial score (nSPS) is 14.7. The van der Waals surface area contributed by atoms with Gasteiger partial charge in [-0.3, -0.25) is 4.79 Å². The van der Waals surface area contributed by atoms with Gasteiger partial charge in [0.15, 0.2) is 4.80 Å². The first-order chi connectivity index (χ1) is 10.6. The summed E-state index contributed by atoms with van der Waals surface area (Å²) in [6.45, 7) is 0. The molecule has 0 radical (unpaired) electrons. The Balaban J connectivity index is 1.67. The van der Waals surface area contributed by atoms with Gasteiger partial charge < -0.3 is 15.2 Å². The second-order valence-electron chi connectivity index (χ2n) is 5.16. The Labute approximate surface area is 131 Å². The zero-order valence-corrected chi connectivity index (χ0v) is 12.9. The SMILES string of the molecule is Cn1ccsc1=NC(=O)c1ccc(NC(=O)NC2CC2)cc1. The monoisotopic (exact) mass is 316 g/mol. The van der Waals surface area contributed by atoms with Crippen LogP contribution >= 0.6 is 11.3 Å². The van der Waals surface area contributed by atoms with Crippen LogP contribution in [0.4, 0.5) is 10.5 Å². The first-order valence-corrected chi connectivity index (χ1v) is 7.86. The molecule has 0 unspecified atom stereocenters. The van der Waals surface area contributed by atoms with Crippen molar-refractivity contribution >= 4 is 29.0 Å². The molecule has 1 fully saturated rings. The van der Waals surface area contributed by atoms with E-state index in [0.717, 1.165) is 12.8 Å². The van der Waals surface area contributed by atoms with Gasteiger partial charge in [0, 0.05) is 35.9 Å². The quantitative estimate of drug-likeness (QED) is 0.910. The van der Waals surface area contributed by atoms with Crippen molar-refractivity contribution in [1.29, 1.82) is 0 Å². The topological polar surface area (TPSA) is 75.5 Å².